The average Bonchev–Trinajstić information content (AvgIpc) is 3.23. The quantitative estimate of drug-likeness (QED) is 0.740. The number of nitrogens with one attached hydrogen (secondary N) is 1. The lowest BCUT2D eigenvalue weighted by atomic mass is 10.1. The van der Waals surface area contributed by atoms with Gasteiger partial charge in [-0.1, -0.05) is 6.07 Å². The first-order valence-electron chi connectivity index (χ1n) is 9.13. The standard InChI is InChI=1S/C20H23FN2O5S/c1-27-18-10-5-14(12-19(18)28-2)13-22-20(24)17-4-3-11-23(17)29(25,26)16-8-6-15(21)7-9-16/h5-10,12,17H,3-4,11,13H2,1-2H3,(H,22,24)/t17-/m0/s1. The van der Waals surface area contributed by atoms with E-state index in [-0.39, 0.29) is 23.9 Å². The second-order valence-electron chi connectivity index (χ2n) is 6.63. The number of nitrogens with zero attached hydrogens (tertiary/aromatic N) is 1. The van der Waals surface area contributed by atoms with Crippen LogP contribution < -0.4 is 14.8 Å². The smallest absolute Gasteiger partial charge is 0.243 e. The third-order valence-electron chi connectivity index (χ3n) is 4.84. The Morgan fingerprint density at radius 3 is 2.48 bits per heavy atom. The number of halogens is 1. The molecule has 0 saturated carbocycles. The van der Waals surface area contributed by atoms with Crippen molar-refractivity contribution in [1.29, 1.82) is 0 Å². The van der Waals surface area contributed by atoms with Crippen molar-refractivity contribution in [3.05, 3.63) is 53.8 Å². The molecule has 2 aromatic rings. The Balaban J connectivity index is 1.71. The van der Waals surface area contributed by atoms with Gasteiger partial charge in [-0.05, 0) is 54.8 Å². The number of carbonyl (C=O) groups excluding carboxylic acids is 1. The molecule has 0 spiro atoms. The van der Waals surface area contributed by atoms with Gasteiger partial charge >= 0.3 is 0 Å². The highest BCUT2D eigenvalue weighted by Gasteiger charge is 2.39. The summed E-state index contributed by atoms with van der Waals surface area (Å²) in [5, 5.41) is 2.79. The number of sulfonamides is 1. The summed E-state index contributed by atoms with van der Waals surface area (Å²) in [6, 6.07) is 9.09. The van der Waals surface area contributed by atoms with Crippen LogP contribution in [0.4, 0.5) is 4.39 Å². The maximum atomic E-state index is 13.1. The molecule has 1 N–H and O–H groups in total. The van der Waals surface area contributed by atoms with Crippen LogP contribution in [0.3, 0.4) is 0 Å². The third kappa shape index (κ3) is 4.51. The Hall–Kier alpha value is -2.65. The van der Waals surface area contributed by atoms with E-state index in [2.05, 4.69) is 5.32 Å². The molecule has 1 aliphatic rings. The Bertz CT molecular complexity index is 979. The zero-order valence-corrected chi connectivity index (χ0v) is 17.0. The van der Waals surface area contributed by atoms with Gasteiger partial charge in [0, 0.05) is 13.1 Å². The molecule has 7 nitrogen and oxygen atoms in total. The molecule has 1 aliphatic heterocycles. The highest BCUT2D eigenvalue weighted by atomic mass is 32.2. The van der Waals surface area contributed by atoms with E-state index in [4.69, 9.17) is 9.47 Å². The van der Waals surface area contributed by atoms with Gasteiger partial charge in [0.25, 0.3) is 0 Å². The molecule has 9 heteroatoms. The van der Waals surface area contributed by atoms with E-state index in [1.807, 2.05) is 0 Å². The van der Waals surface area contributed by atoms with Gasteiger partial charge in [0.15, 0.2) is 11.5 Å². The average molecular weight is 422 g/mol. The lowest BCUT2D eigenvalue weighted by Crippen LogP contribution is -2.45. The maximum absolute atomic E-state index is 13.1. The fourth-order valence-electron chi connectivity index (χ4n) is 3.33. The molecule has 29 heavy (non-hydrogen) atoms. The summed E-state index contributed by atoms with van der Waals surface area (Å²) in [6.45, 7) is 0.467. The summed E-state index contributed by atoms with van der Waals surface area (Å²) >= 11 is 0. The summed E-state index contributed by atoms with van der Waals surface area (Å²) in [6.07, 6.45) is 1.01. The van der Waals surface area contributed by atoms with Crippen LogP contribution in [-0.4, -0.2) is 45.4 Å². The first-order chi connectivity index (χ1) is 13.9. The van der Waals surface area contributed by atoms with Crippen molar-refractivity contribution in [3.63, 3.8) is 0 Å². The van der Waals surface area contributed by atoms with Gasteiger partial charge in [0.1, 0.15) is 11.9 Å². The molecular weight excluding hydrogens is 399 g/mol. The molecule has 0 aromatic heterocycles. The molecule has 156 valence electrons. The predicted octanol–water partition coefficient (Wildman–Crippen LogP) is 2.31. The van der Waals surface area contributed by atoms with Crippen LogP contribution in [0.5, 0.6) is 11.5 Å². The molecule has 0 bridgehead atoms. The van der Waals surface area contributed by atoms with Crippen LogP contribution in [0.2, 0.25) is 0 Å². The number of methoxy groups -OCH3 is 2. The van der Waals surface area contributed by atoms with Crippen LogP contribution in [0.15, 0.2) is 47.4 Å². The van der Waals surface area contributed by atoms with Gasteiger partial charge < -0.3 is 14.8 Å². The van der Waals surface area contributed by atoms with E-state index in [0.717, 1.165) is 17.7 Å². The number of hydrogen-bond donors (Lipinski definition) is 1. The number of hydrogen-bond acceptors (Lipinski definition) is 5. The number of rotatable bonds is 7. The zero-order chi connectivity index (χ0) is 21.0. The number of amides is 1. The maximum Gasteiger partial charge on any atom is 0.243 e. The largest absolute Gasteiger partial charge is 0.493 e. The van der Waals surface area contributed by atoms with Gasteiger partial charge in [-0.15, -0.1) is 0 Å². The lowest BCUT2D eigenvalue weighted by Gasteiger charge is -2.23. The van der Waals surface area contributed by atoms with Crippen LogP contribution >= 0.6 is 0 Å². The minimum absolute atomic E-state index is 0.0292. The van der Waals surface area contributed by atoms with Crippen LogP contribution in [0.1, 0.15) is 18.4 Å². The molecule has 1 saturated heterocycles. The minimum atomic E-state index is -3.88. The lowest BCUT2D eigenvalue weighted by molar-refractivity contribution is -0.124. The van der Waals surface area contributed by atoms with Crippen molar-refractivity contribution in [1.82, 2.24) is 9.62 Å². The number of ether oxygens (including phenoxy) is 2. The van der Waals surface area contributed by atoms with E-state index in [0.29, 0.717) is 24.3 Å². The highest BCUT2D eigenvalue weighted by molar-refractivity contribution is 7.89. The van der Waals surface area contributed by atoms with Crippen molar-refractivity contribution in [3.8, 4) is 11.5 Å². The second kappa shape index (κ2) is 8.79. The Morgan fingerprint density at radius 2 is 1.83 bits per heavy atom. The summed E-state index contributed by atoms with van der Waals surface area (Å²) in [5.41, 5.74) is 0.793. The monoisotopic (exact) mass is 422 g/mol. The summed E-state index contributed by atoms with van der Waals surface area (Å²) < 4.78 is 50.5. The molecule has 0 aliphatic carbocycles. The van der Waals surface area contributed by atoms with Crippen molar-refractivity contribution in [2.75, 3.05) is 20.8 Å². The molecule has 1 fully saturated rings. The molecular formula is C20H23FN2O5S. The highest BCUT2D eigenvalue weighted by Crippen LogP contribution is 2.28. The molecule has 1 amide bonds. The van der Waals surface area contributed by atoms with Crippen LogP contribution in [0, 0.1) is 5.82 Å². The summed E-state index contributed by atoms with van der Waals surface area (Å²) in [7, 11) is -0.821. The van der Waals surface area contributed by atoms with Crippen molar-refractivity contribution >= 4 is 15.9 Å². The van der Waals surface area contributed by atoms with E-state index in [1.165, 1.54) is 30.7 Å². The second-order valence-corrected chi connectivity index (χ2v) is 8.53. The van der Waals surface area contributed by atoms with Crippen LogP contribution in [-0.2, 0) is 21.4 Å². The fourth-order valence-corrected chi connectivity index (χ4v) is 4.99. The normalized spacial score (nSPS) is 17.1. The zero-order valence-electron chi connectivity index (χ0n) is 16.2. The van der Waals surface area contributed by atoms with Crippen molar-refractivity contribution in [2.24, 2.45) is 0 Å². The SMILES string of the molecule is COc1ccc(CNC(=O)[C@@H]2CCCN2S(=O)(=O)c2ccc(F)cc2)cc1OC. The fraction of sp³-hybridized carbons (Fsp3) is 0.350. The van der Waals surface area contributed by atoms with E-state index >= 15 is 0 Å². The Morgan fingerprint density at radius 1 is 1.14 bits per heavy atom. The molecule has 2 aromatic carbocycles. The van der Waals surface area contributed by atoms with Gasteiger partial charge in [0.2, 0.25) is 15.9 Å². The number of carbonyl (C=O) groups is 1. The van der Waals surface area contributed by atoms with E-state index in [9.17, 15) is 17.6 Å². The molecule has 3 rings (SSSR count). The third-order valence-corrected chi connectivity index (χ3v) is 6.76. The van der Waals surface area contributed by atoms with E-state index in [1.54, 1.807) is 18.2 Å². The molecule has 0 unspecified atom stereocenters. The Kier molecular flexibility index (Phi) is 6.39. The molecule has 1 heterocycles. The van der Waals surface area contributed by atoms with Gasteiger partial charge in [-0.25, -0.2) is 12.8 Å². The predicted molar refractivity (Wildman–Crippen MR) is 105 cm³/mol. The van der Waals surface area contributed by atoms with Crippen LogP contribution in [0.25, 0.3) is 0 Å². The topological polar surface area (TPSA) is 84.9 Å². The molecule has 1 atom stereocenters. The van der Waals surface area contributed by atoms with Gasteiger partial charge in [-0.3, -0.25) is 4.79 Å². The number of benzene rings is 2. The first kappa shape index (κ1) is 21.1. The van der Waals surface area contributed by atoms with E-state index < -0.39 is 21.9 Å². The van der Waals surface area contributed by atoms with Gasteiger partial charge in [-0.2, -0.15) is 4.31 Å². The van der Waals surface area contributed by atoms with Gasteiger partial charge in [0.05, 0.1) is 19.1 Å². The summed E-state index contributed by atoms with van der Waals surface area (Å²) in [4.78, 5) is 12.7. The molecule has 0 radical (unpaired) electrons. The summed E-state index contributed by atoms with van der Waals surface area (Å²) in [5.74, 6) is 0.230. The minimum Gasteiger partial charge on any atom is -0.493 e. The first-order valence-corrected chi connectivity index (χ1v) is 10.6. The van der Waals surface area contributed by atoms with Crippen molar-refractivity contribution in [2.45, 2.75) is 30.3 Å². The van der Waals surface area contributed by atoms with Crippen molar-refractivity contribution < 1.29 is 27.1 Å². The Labute approximate surface area is 169 Å².